The third-order valence-corrected chi connectivity index (χ3v) is 4.10. The van der Waals surface area contributed by atoms with E-state index in [0.717, 1.165) is 22.2 Å². The molecule has 6 heteroatoms. The molecule has 2 nitrogen and oxygen atoms in total. The van der Waals surface area contributed by atoms with Crippen LogP contribution < -0.4 is 10.1 Å². The number of methoxy groups -OCH3 is 1. The van der Waals surface area contributed by atoms with Crippen LogP contribution in [0.5, 0.6) is 5.75 Å². The van der Waals surface area contributed by atoms with Gasteiger partial charge in [0.25, 0.3) is 0 Å². The molecule has 0 aromatic heterocycles. The number of nitrogens with one attached hydrogen (secondary N) is 1. The van der Waals surface area contributed by atoms with Crippen LogP contribution in [0.3, 0.4) is 0 Å². The van der Waals surface area contributed by atoms with E-state index in [-0.39, 0.29) is 11.1 Å². The highest BCUT2D eigenvalue weighted by Gasteiger charge is 2.19. The van der Waals surface area contributed by atoms with Crippen molar-refractivity contribution in [3.05, 3.63) is 62.6 Å². The first-order chi connectivity index (χ1) is 9.97. The Hall–Kier alpha value is -1.17. The maximum atomic E-state index is 13.5. The molecule has 0 aliphatic carbocycles. The van der Waals surface area contributed by atoms with Gasteiger partial charge in [0.05, 0.1) is 17.6 Å². The second kappa shape index (κ2) is 6.73. The first kappa shape index (κ1) is 16.2. The van der Waals surface area contributed by atoms with E-state index in [0.29, 0.717) is 11.3 Å². The van der Waals surface area contributed by atoms with E-state index in [2.05, 4.69) is 21.2 Å². The zero-order chi connectivity index (χ0) is 15.6. The lowest BCUT2D eigenvalue weighted by Crippen LogP contribution is -2.18. The predicted molar refractivity (Wildman–Crippen MR) is 83.0 cm³/mol. The first-order valence-corrected chi connectivity index (χ1v) is 7.30. The Kier molecular flexibility index (Phi) is 5.19. The Bertz CT molecular complexity index is 666. The van der Waals surface area contributed by atoms with Crippen molar-refractivity contribution in [2.75, 3.05) is 14.2 Å². The highest BCUT2D eigenvalue weighted by atomic mass is 79.9. The molecule has 2 aromatic rings. The van der Waals surface area contributed by atoms with Crippen LogP contribution in [0.25, 0.3) is 0 Å². The van der Waals surface area contributed by atoms with E-state index in [9.17, 15) is 8.78 Å². The third kappa shape index (κ3) is 3.36. The molecular weight excluding hydrogens is 364 g/mol. The molecule has 21 heavy (non-hydrogen) atoms. The maximum absolute atomic E-state index is 13.5. The van der Waals surface area contributed by atoms with Crippen molar-refractivity contribution >= 4 is 27.5 Å². The van der Waals surface area contributed by atoms with Crippen molar-refractivity contribution < 1.29 is 13.5 Å². The van der Waals surface area contributed by atoms with Crippen molar-refractivity contribution in [2.45, 2.75) is 6.04 Å². The fourth-order valence-electron chi connectivity index (χ4n) is 2.12. The van der Waals surface area contributed by atoms with Gasteiger partial charge in [0.1, 0.15) is 5.75 Å². The number of ether oxygens (including phenoxy) is 1. The molecule has 112 valence electrons. The summed E-state index contributed by atoms with van der Waals surface area (Å²) < 4.78 is 32.6. The van der Waals surface area contributed by atoms with Crippen LogP contribution in [0.15, 0.2) is 34.8 Å². The topological polar surface area (TPSA) is 21.3 Å². The zero-order valence-corrected chi connectivity index (χ0v) is 13.7. The van der Waals surface area contributed by atoms with E-state index in [1.807, 2.05) is 12.1 Å². The molecular formula is C15H13BrClF2NO. The van der Waals surface area contributed by atoms with Gasteiger partial charge in [0.2, 0.25) is 0 Å². The van der Waals surface area contributed by atoms with Gasteiger partial charge in [-0.3, -0.25) is 0 Å². The summed E-state index contributed by atoms with van der Waals surface area (Å²) in [5.74, 6) is -1.21. The number of halogens is 4. The number of benzene rings is 2. The van der Waals surface area contributed by atoms with E-state index in [1.54, 1.807) is 20.2 Å². The molecule has 0 spiro atoms. The largest absolute Gasteiger partial charge is 0.496 e. The van der Waals surface area contributed by atoms with Crippen molar-refractivity contribution in [1.82, 2.24) is 5.32 Å². The van der Waals surface area contributed by atoms with Crippen LogP contribution in [-0.2, 0) is 0 Å². The average Bonchev–Trinajstić information content (AvgIpc) is 2.45. The SMILES string of the molecule is CNC(c1ccc(OC)c(Br)c1)c1cc(F)c(F)cc1Cl. The molecule has 0 heterocycles. The van der Waals surface area contributed by atoms with Crippen LogP contribution in [-0.4, -0.2) is 14.2 Å². The summed E-state index contributed by atoms with van der Waals surface area (Å²) in [6, 6.07) is 7.19. The Morgan fingerprint density at radius 3 is 2.43 bits per heavy atom. The minimum Gasteiger partial charge on any atom is -0.496 e. The molecule has 0 saturated heterocycles. The predicted octanol–water partition coefficient (Wildman–Crippen LogP) is 4.70. The van der Waals surface area contributed by atoms with Gasteiger partial charge in [-0.2, -0.15) is 0 Å². The summed E-state index contributed by atoms with van der Waals surface area (Å²) in [6.07, 6.45) is 0. The average molecular weight is 377 g/mol. The van der Waals surface area contributed by atoms with E-state index >= 15 is 0 Å². The van der Waals surface area contributed by atoms with Crippen LogP contribution in [0, 0.1) is 11.6 Å². The van der Waals surface area contributed by atoms with Crippen molar-refractivity contribution in [3.63, 3.8) is 0 Å². The van der Waals surface area contributed by atoms with Gasteiger partial charge in [-0.1, -0.05) is 17.7 Å². The molecule has 1 atom stereocenters. The lowest BCUT2D eigenvalue weighted by Gasteiger charge is -2.19. The highest BCUT2D eigenvalue weighted by Crippen LogP contribution is 2.33. The normalized spacial score (nSPS) is 12.3. The van der Waals surface area contributed by atoms with Crippen molar-refractivity contribution in [3.8, 4) is 5.75 Å². The van der Waals surface area contributed by atoms with E-state index in [4.69, 9.17) is 16.3 Å². The molecule has 1 N–H and O–H groups in total. The Balaban J connectivity index is 2.49. The van der Waals surface area contributed by atoms with E-state index < -0.39 is 11.6 Å². The summed E-state index contributed by atoms with van der Waals surface area (Å²) in [4.78, 5) is 0. The summed E-state index contributed by atoms with van der Waals surface area (Å²) in [5, 5.41) is 3.22. The number of hydrogen-bond acceptors (Lipinski definition) is 2. The molecule has 0 amide bonds. The fraction of sp³-hybridized carbons (Fsp3) is 0.200. The zero-order valence-electron chi connectivity index (χ0n) is 11.4. The van der Waals surface area contributed by atoms with Crippen LogP contribution in [0.2, 0.25) is 5.02 Å². The molecule has 1 unspecified atom stereocenters. The van der Waals surface area contributed by atoms with Crippen molar-refractivity contribution in [1.29, 1.82) is 0 Å². The second-order valence-corrected chi connectivity index (χ2v) is 5.67. The lowest BCUT2D eigenvalue weighted by molar-refractivity contribution is 0.412. The molecule has 2 rings (SSSR count). The number of hydrogen-bond donors (Lipinski definition) is 1. The Morgan fingerprint density at radius 1 is 1.19 bits per heavy atom. The van der Waals surface area contributed by atoms with Crippen LogP contribution >= 0.6 is 27.5 Å². The third-order valence-electron chi connectivity index (χ3n) is 3.15. The fourth-order valence-corrected chi connectivity index (χ4v) is 2.94. The van der Waals surface area contributed by atoms with Crippen LogP contribution in [0.1, 0.15) is 17.2 Å². The number of rotatable bonds is 4. The first-order valence-electron chi connectivity index (χ1n) is 6.13. The van der Waals surface area contributed by atoms with Crippen molar-refractivity contribution in [2.24, 2.45) is 0 Å². The minimum absolute atomic E-state index is 0.167. The van der Waals surface area contributed by atoms with E-state index in [1.165, 1.54) is 0 Å². The van der Waals surface area contributed by atoms with Gasteiger partial charge in [0, 0.05) is 5.02 Å². The Morgan fingerprint density at radius 2 is 1.86 bits per heavy atom. The van der Waals surface area contributed by atoms with Gasteiger partial charge in [0.15, 0.2) is 11.6 Å². The van der Waals surface area contributed by atoms with Gasteiger partial charge in [-0.05, 0) is 58.4 Å². The lowest BCUT2D eigenvalue weighted by atomic mass is 9.98. The maximum Gasteiger partial charge on any atom is 0.160 e. The standard InChI is InChI=1S/C15H13BrClF2NO/c1-20-15(8-3-4-14(21-2)10(16)5-8)9-6-12(18)13(19)7-11(9)17/h3-7,15,20H,1-2H3. The van der Waals surface area contributed by atoms with Gasteiger partial charge < -0.3 is 10.1 Å². The second-order valence-electron chi connectivity index (χ2n) is 4.40. The molecule has 0 bridgehead atoms. The van der Waals surface area contributed by atoms with Gasteiger partial charge in [-0.25, -0.2) is 8.78 Å². The molecule has 0 saturated carbocycles. The van der Waals surface area contributed by atoms with Gasteiger partial charge >= 0.3 is 0 Å². The summed E-state index contributed by atoms with van der Waals surface area (Å²) in [7, 11) is 3.29. The molecule has 0 fully saturated rings. The molecule has 2 aromatic carbocycles. The Labute approximate surface area is 135 Å². The molecule has 0 radical (unpaired) electrons. The van der Waals surface area contributed by atoms with Gasteiger partial charge in [-0.15, -0.1) is 0 Å². The summed E-state index contributed by atoms with van der Waals surface area (Å²) >= 11 is 9.44. The summed E-state index contributed by atoms with van der Waals surface area (Å²) in [5.41, 5.74) is 1.31. The molecule has 0 aliphatic rings. The van der Waals surface area contributed by atoms with Crippen LogP contribution in [0.4, 0.5) is 8.78 Å². The summed E-state index contributed by atoms with van der Waals surface area (Å²) in [6.45, 7) is 0. The smallest absolute Gasteiger partial charge is 0.160 e. The monoisotopic (exact) mass is 375 g/mol. The quantitative estimate of drug-likeness (QED) is 0.781. The minimum atomic E-state index is -0.963. The molecule has 0 aliphatic heterocycles. The highest BCUT2D eigenvalue weighted by molar-refractivity contribution is 9.10.